The van der Waals surface area contributed by atoms with Crippen LogP contribution in [0.15, 0.2) is 54.7 Å². The molecule has 0 radical (unpaired) electrons. The second-order valence-corrected chi connectivity index (χ2v) is 11.2. The zero-order chi connectivity index (χ0) is 31.7. The number of benzene rings is 2. The van der Waals surface area contributed by atoms with Crippen molar-refractivity contribution in [3.63, 3.8) is 0 Å². The Morgan fingerprint density at radius 2 is 1.91 bits per heavy atom. The molecule has 0 bridgehead atoms. The lowest BCUT2D eigenvalue weighted by atomic mass is 10.0. The molecule has 1 fully saturated rings. The Labute approximate surface area is 255 Å². The average Bonchev–Trinajstić information content (AvgIpc) is 3.57. The molecule has 0 spiro atoms. The van der Waals surface area contributed by atoms with Gasteiger partial charge in [0.05, 0.1) is 41.1 Å². The van der Waals surface area contributed by atoms with Crippen LogP contribution in [0.4, 0.5) is 22.0 Å². The van der Waals surface area contributed by atoms with Gasteiger partial charge in [-0.1, -0.05) is 17.4 Å². The second-order valence-electron chi connectivity index (χ2n) is 10.2. The van der Waals surface area contributed by atoms with Gasteiger partial charge >= 0.3 is 12.1 Å². The molecule has 0 amide bonds. The molecule has 1 saturated heterocycles. The number of aromatic nitrogens is 4. The molecular formula is C30H23F5N4O5S. The van der Waals surface area contributed by atoms with Crippen LogP contribution in [-0.2, 0) is 24.3 Å². The van der Waals surface area contributed by atoms with E-state index in [9.17, 15) is 23.1 Å². The Morgan fingerprint density at radius 3 is 2.64 bits per heavy atom. The summed E-state index contributed by atoms with van der Waals surface area (Å²) in [6, 6.07) is 11.1. The van der Waals surface area contributed by atoms with Gasteiger partial charge < -0.3 is 23.9 Å². The third-order valence-electron chi connectivity index (χ3n) is 6.99. The number of thiazole rings is 1. The van der Waals surface area contributed by atoms with Gasteiger partial charge in [-0.15, -0.1) is 0 Å². The number of hydrogen-bond acceptors (Lipinski definition) is 8. The minimum Gasteiger partial charge on any atom is -0.478 e. The van der Waals surface area contributed by atoms with Crippen molar-refractivity contribution in [2.24, 2.45) is 0 Å². The van der Waals surface area contributed by atoms with Crippen LogP contribution in [-0.4, -0.2) is 56.1 Å². The number of halogens is 5. The first-order valence-electron chi connectivity index (χ1n) is 13.6. The lowest BCUT2D eigenvalue weighted by Gasteiger charge is -2.27. The van der Waals surface area contributed by atoms with Crippen molar-refractivity contribution in [2.75, 3.05) is 13.2 Å². The molecule has 4 heterocycles. The molecule has 1 atom stereocenters. The zero-order valence-electron chi connectivity index (χ0n) is 23.2. The van der Waals surface area contributed by atoms with E-state index in [2.05, 4.69) is 19.7 Å². The molecule has 6 rings (SSSR count). The zero-order valence-corrected chi connectivity index (χ0v) is 24.0. The van der Waals surface area contributed by atoms with Crippen LogP contribution in [0.3, 0.4) is 0 Å². The third kappa shape index (κ3) is 7.04. The Bertz CT molecular complexity index is 1870. The second kappa shape index (κ2) is 12.4. The van der Waals surface area contributed by atoms with E-state index in [1.54, 1.807) is 16.7 Å². The molecule has 0 saturated carbocycles. The van der Waals surface area contributed by atoms with Gasteiger partial charge in [0.15, 0.2) is 11.7 Å². The maximum Gasteiger partial charge on any atom is 0.422 e. The number of aromatic carboxylic acids is 1. The Kier molecular flexibility index (Phi) is 8.38. The van der Waals surface area contributed by atoms with Gasteiger partial charge in [-0.2, -0.15) is 13.2 Å². The number of carboxylic acid groups (broad SMARTS) is 1. The number of carbonyl (C=O) groups is 1. The highest BCUT2D eigenvalue weighted by atomic mass is 32.1. The van der Waals surface area contributed by atoms with Crippen LogP contribution >= 0.6 is 11.3 Å². The van der Waals surface area contributed by atoms with Crippen molar-refractivity contribution < 1.29 is 46.1 Å². The van der Waals surface area contributed by atoms with E-state index in [1.807, 2.05) is 0 Å². The Balaban J connectivity index is 1.20. The predicted octanol–water partition coefficient (Wildman–Crippen LogP) is 6.43. The molecular weight excluding hydrogens is 623 g/mol. The summed E-state index contributed by atoms with van der Waals surface area (Å²) in [7, 11) is 0. The fourth-order valence-electron chi connectivity index (χ4n) is 4.73. The van der Waals surface area contributed by atoms with Gasteiger partial charge in [0.2, 0.25) is 5.88 Å². The highest BCUT2D eigenvalue weighted by molar-refractivity contribution is 7.13. The summed E-state index contributed by atoms with van der Waals surface area (Å²) < 4.78 is 85.6. The number of ether oxygens (including phenoxy) is 3. The number of pyridine rings is 1. The van der Waals surface area contributed by atoms with E-state index >= 15 is 8.78 Å². The lowest BCUT2D eigenvalue weighted by molar-refractivity contribution is -0.152. The normalized spacial score (nSPS) is 14.8. The topological polar surface area (TPSA) is 109 Å². The minimum atomic E-state index is -4.48. The Morgan fingerprint density at radius 1 is 1.09 bits per heavy atom. The predicted molar refractivity (Wildman–Crippen MR) is 151 cm³/mol. The van der Waals surface area contributed by atoms with E-state index in [4.69, 9.17) is 9.47 Å². The summed E-state index contributed by atoms with van der Waals surface area (Å²) >= 11 is 0.876. The molecule has 15 heteroatoms. The summed E-state index contributed by atoms with van der Waals surface area (Å²) in [5.41, 5.74) is 1.19. The molecule has 1 aliphatic heterocycles. The molecule has 3 aromatic heterocycles. The number of nitrogens with zero attached hydrogens (tertiary/aromatic N) is 4. The van der Waals surface area contributed by atoms with Crippen LogP contribution < -0.4 is 9.47 Å². The average molecular weight is 647 g/mol. The molecule has 2 aromatic carbocycles. The highest BCUT2D eigenvalue weighted by Gasteiger charge is 2.29. The van der Waals surface area contributed by atoms with Crippen molar-refractivity contribution in [3.05, 3.63) is 88.3 Å². The lowest BCUT2D eigenvalue weighted by Crippen LogP contribution is -2.31. The largest absolute Gasteiger partial charge is 0.478 e. The summed E-state index contributed by atoms with van der Waals surface area (Å²) in [6.45, 7) is -0.576. The van der Waals surface area contributed by atoms with Crippen LogP contribution in [0, 0.1) is 11.6 Å². The summed E-state index contributed by atoms with van der Waals surface area (Å²) in [6.07, 6.45) is -2.67. The molecule has 0 unspecified atom stereocenters. The minimum absolute atomic E-state index is 0.0257. The maximum absolute atomic E-state index is 15.5. The molecule has 0 aliphatic carbocycles. The molecule has 45 heavy (non-hydrogen) atoms. The first-order valence-corrected chi connectivity index (χ1v) is 14.4. The summed E-state index contributed by atoms with van der Waals surface area (Å²) in [5, 5.41) is 9.75. The van der Waals surface area contributed by atoms with Crippen LogP contribution in [0.2, 0.25) is 0 Å². The standard InChI is InChI=1S/C30H23F5N4O5S/c31-20-11-19(22-2-1-3-26(38-22)43-14-27-36-12-28(45-27)44-15-30(33,34)35)21(32)8-17(20)10-25-37-23-5-4-16(29(40)41)9-24(23)39(25)13-18-6-7-42-18/h1-5,8-9,11-12,18H,6-7,10,13-15H2,(H,40,41)/t18-/m0/s1. The highest BCUT2D eigenvalue weighted by Crippen LogP contribution is 2.30. The summed E-state index contributed by atoms with van der Waals surface area (Å²) in [5.74, 6) is -2.03. The molecule has 1 N–H and O–H groups in total. The van der Waals surface area contributed by atoms with Crippen LogP contribution in [0.25, 0.3) is 22.3 Å². The smallest absolute Gasteiger partial charge is 0.422 e. The van der Waals surface area contributed by atoms with E-state index < -0.39 is 30.4 Å². The number of rotatable bonds is 11. The van der Waals surface area contributed by atoms with E-state index in [1.165, 1.54) is 24.3 Å². The fraction of sp³-hybridized carbons (Fsp3) is 0.267. The van der Waals surface area contributed by atoms with E-state index in [0.717, 1.165) is 36.1 Å². The third-order valence-corrected chi connectivity index (χ3v) is 7.88. The van der Waals surface area contributed by atoms with Crippen molar-refractivity contribution >= 4 is 28.3 Å². The maximum atomic E-state index is 15.5. The number of imidazole rings is 1. The SMILES string of the molecule is O=C(O)c1ccc2nc(Cc3cc(F)c(-c4cccc(OCc5ncc(OCC(F)(F)F)s5)n4)cc3F)n(C[C@@H]3CCO3)c2c1. The first kappa shape index (κ1) is 30.4. The van der Waals surface area contributed by atoms with Gasteiger partial charge in [0, 0.05) is 24.7 Å². The molecule has 234 valence electrons. The molecule has 1 aliphatic rings. The van der Waals surface area contributed by atoms with Crippen molar-refractivity contribution in [1.82, 2.24) is 19.5 Å². The monoisotopic (exact) mass is 646 g/mol. The molecule has 9 nitrogen and oxygen atoms in total. The van der Waals surface area contributed by atoms with Crippen LogP contribution in [0.5, 0.6) is 10.9 Å². The van der Waals surface area contributed by atoms with Crippen LogP contribution in [0.1, 0.15) is 33.2 Å². The fourth-order valence-corrected chi connectivity index (χ4v) is 5.41. The van der Waals surface area contributed by atoms with Gasteiger partial charge in [0.1, 0.15) is 29.1 Å². The quantitative estimate of drug-likeness (QED) is 0.164. The van der Waals surface area contributed by atoms with Gasteiger partial charge in [-0.25, -0.2) is 28.5 Å². The van der Waals surface area contributed by atoms with E-state index in [-0.39, 0.29) is 52.5 Å². The number of fused-ring (bicyclic) bond motifs is 1. The van der Waals surface area contributed by atoms with E-state index in [0.29, 0.717) is 35.0 Å². The van der Waals surface area contributed by atoms with Gasteiger partial charge in [0.25, 0.3) is 0 Å². The Hall–Kier alpha value is -4.63. The molecule has 5 aromatic rings. The summed E-state index contributed by atoms with van der Waals surface area (Å²) in [4.78, 5) is 24.4. The van der Waals surface area contributed by atoms with Crippen molar-refractivity contribution in [3.8, 4) is 22.2 Å². The first-order chi connectivity index (χ1) is 21.5. The van der Waals surface area contributed by atoms with Crippen molar-refractivity contribution in [2.45, 2.75) is 38.3 Å². The van der Waals surface area contributed by atoms with Gasteiger partial charge in [-0.05, 0) is 48.4 Å². The number of hydrogen-bond donors (Lipinski definition) is 1. The number of alkyl halides is 3. The van der Waals surface area contributed by atoms with Crippen molar-refractivity contribution in [1.29, 1.82) is 0 Å². The van der Waals surface area contributed by atoms with Gasteiger partial charge in [-0.3, -0.25) is 0 Å². The number of carboxylic acids is 1.